The second-order valence-electron chi connectivity index (χ2n) is 9.19. The molecule has 1 aliphatic carbocycles. The van der Waals surface area contributed by atoms with Crippen molar-refractivity contribution in [2.75, 3.05) is 0 Å². The van der Waals surface area contributed by atoms with Gasteiger partial charge < -0.3 is 14.7 Å². The third-order valence-corrected chi connectivity index (χ3v) is 8.68. The van der Waals surface area contributed by atoms with Crippen LogP contribution in [0.2, 0.25) is 5.02 Å². The highest BCUT2D eigenvalue weighted by Gasteiger charge is 2.97. The van der Waals surface area contributed by atoms with E-state index in [4.69, 9.17) is 16.3 Å². The molecule has 1 spiro atoms. The van der Waals surface area contributed by atoms with Crippen LogP contribution in [-0.2, 0) is 21.9 Å². The monoisotopic (exact) mass is 537 g/mol. The largest absolute Gasteiger partial charge is 0.425 e. The molecule has 7 heteroatoms. The summed E-state index contributed by atoms with van der Waals surface area (Å²) in [5.74, 6) is -1.07. The first-order valence-electron chi connectivity index (χ1n) is 11.2. The van der Waals surface area contributed by atoms with Crippen LogP contribution < -0.4 is 4.74 Å². The van der Waals surface area contributed by atoms with Crippen molar-refractivity contribution in [3.8, 4) is 5.75 Å². The first-order chi connectivity index (χ1) is 16.3. The van der Waals surface area contributed by atoms with Crippen LogP contribution in [-0.4, -0.2) is 21.9 Å². The van der Waals surface area contributed by atoms with Gasteiger partial charge in [-0.05, 0) is 42.3 Å². The summed E-state index contributed by atoms with van der Waals surface area (Å²) in [6.45, 7) is 2.08. The number of amides is 1. The highest BCUT2D eigenvalue weighted by molar-refractivity contribution is 9.10. The van der Waals surface area contributed by atoms with E-state index in [1.165, 1.54) is 4.90 Å². The Morgan fingerprint density at radius 2 is 1.76 bits per heavy atom. The van der Waals surface area contributed by atoms with Crippen molar-refractivity contribution >= 4 is 39.4 Å². The number of carbonyl (C=O) groups is 2. The summed E-state index contributed by atoms with van der Waals surface area (Å²) in [6.07, 6.45) is 0.398. The maximum absolute atomic E-state index is 14.3. The van der Waals surface area contributed by atoms with Crippen molar-refractivity contribution in [3.05, 3.63) is 99.0 Å². The summed E-state index contributed by atoms with van der Waals surface area (Å²) >= 11 is 9.67. The number of benzene rings is 3. The molecule has 2 aliphatic heterocycles. The number of rotatable bonds is 4. The highest BCUT2D eigenvalue weighted by Crippen LogP contribution is 2.88. The molecular weight excluding hydrogens is 518 g/mol. The molecule has 3 aliphatic rings. The van der Waals surface area contributed by atoms with Gasteiger partial charge in [0.05, 0.1) is 5.41 Å². The maximum Gasteiger partial charge on any atom is 0.328 e. The molecular formula is C27H21BrClNO4. The second-order valence-corrected chi connectivity index (χ2v) is 10.5. The van der Waals surface area contributed by atoms with Crippen LogP contribution in [0, 0.1) is 10.8 Å². The van der Waals surface area contributed by atoms with Gasteiger partial charge in [0.25, 0.3) is 0 Å². The van der Waals surface area contributed by atoms with E-state index in [-0.39, 0.29) is 6.54 Å². The summed E-state index contributed by atoms with van der Waals surface area (Å²) in [6, 6.07) is 21.8. The number of halogens is 2. The lowest BCUT2D eigenvalue weighted by molar-refractivity contribution is -0.172. The quantitative estimate of drug-likeness (QED) is 0.275. The molecule has 3 aromatic carbocycles. The van der Waals surface area contributed by atoms with Gasteiger partial charge in [0.1, 0.15) is 5.75 Å². The number of piperidine rings is 1. The van der Waals surface area contributed by atoms with Gasteiger partial charge >= 0.3 is 5.97 Å². The van der Waals surface area contributed by atoms with E-state index in [0.717, 1.165) is 15.6 Å². The Bertz CT molecular complexity index is 1350. The van der Waals surface area contributed by atoms with E-state index < -0.39 is 34.3 Å². The Morgan fingerprint density at radius 3 is 2.44 bits per heavy atom. The van der Waals surface area contributed by atoms with Crippen molar-refractivity contribution in [2.24, 2.45) is 10.8 Å². The van der Waals surface area contributed by atoms with Crippen molar-refractivity contribution in [1.29, 1.82) is 0 Å². The molecule has 0 aromatic heterocycles. The average Bonchev–Trinajstić information content (AvgIpc) is 3.46. The summed E-state index contributed by atoms with van der Waals surface area (Å²) < 4.78 is 6.57. The smallest absolute Gasteiger partial charge is 0.328 e. The molecule has 172 valence electrons. The van der Waals surface area contributed by atoms with Crippen LogP contribution in [0.1, 0.15) is 36.0 Å². The van der Waals surface area contributed by atoms with E-state index in [1.54, 1.807) is 36.4 Å². The highest BCUT2D eigenvalue weighted by atomic mass is 79.9. The van der Waals surface area contributed by atoms with Crippen LogP contribution in [0.25, 0.3) is 0 Å². The van der Waals surface area contributed by atoms with Crippen LogP contribution >= 0.6 is 27.5 Å². The van der Waals surface area contributed by atoms with Crippen LogP contribution in [0.5, 0.6) is 5.75 Å². The molecule has 0 radical (unpaired) electrons. The van der Waals surface area contributed by atoms with E-state index in [0.29, 0.717) is 22.8 Å². The first kappa shape index (κ1) is 21.8. The molecule has 3 aromatic rings. The molecule has 2 fully saturated rings. The SMILES string of the molecule is CCC12C3c4cc(Br)ccc4OC(=O)C31C(=O)N(Cc1ccccc1)C2(O)c1ccc(Cl)cc1. The summed E-state index contributed by atoms with van der Waals surface area (Å²) in [7, 11) is 0. The number of likely N-dealkylation sites (tertiary alicyclic amines) is 1. The Balaban J connectivity index is 1.61. The number of esters is 1. The fraction of sp³-hybridized carbons (Fsp3) is 0.259. The molecule has 4 unspecified atom stereocenters. The maximum atomic E-state index is 14.3. The van der Waals surface area contributed by atoms with Gasteiger partial charge in [0, 0.05) is 33.1 Å². The number of nitrogens with zero attached hydrogens (tertiary/aromatic N) is 1. The summed E-state index contributed by atoms with van der Waals surface area (Å²) in [5, 5.41) is 13.2. The van der Waals surface area contributed by atoms with Gasteiger partial charge in [-0.25, -0.2) is 0 Å². The molecule has 1 amide bonds. The van der Waals surface area contributed by atoms with Gasteiger partial charge in [0.2, 0.25) is 5.91 Å². The normalized spacial score (nSPS) is 30.9. The third-order valence-electron chi connectivity index (χ3n) is 7.94. The second kappa shape index (κ2) is 7.17. The Kier molecular flexibility index (Phi) is 4.60. The summed E-state index contributed by atoms with van der Waals surface area (Å²) in [5.41, 5.74) is -2.18. The zero-order valence-electron chi connectivity index (χ0n) is 18.3. The lowest BCUT2D eigenvalue weighted by Gasteiger charge is -2.42. The lowest BCUT2D eigenvalue weighted by Crippen LogP contribution is -2.51. The summed E-state index contributed by atoms with van der Waals surface area (Å²) in [4.78, 5) is 29.3. The van der Waals surface area contributed by atoms with Crippen LogP contribution in [0.15, 0.2) is 77.3 Å². The number of aliphatic hydroxyl groups is 1. The van der Waals surface area contributed by atoms with Gasteiger partial charge in [-0.1, -0.05) is 76.9 Å². The minimum absolute atomic E-state index is 0.160. The standard InChI is InChI=1S/C27H21BrClNO4/c1-2-25-22-20-14-18(28)10-13-21(20)34-24(32)26(22,25)23(31)30(15-16-6-4-3-5-7-16)27(25,33)17-8-11-19(29)12-9-17/h3-14,22,33H,2,15H2,1H3. The van der Waals surface area contributed by atoms with Gasteiger partial charge in [-0.2, -0.15) is 0 Å². The molecule has 2 heterocycles. The van der Waals surface area contributed by atoms with Crippen molar-refractivity contribution in [1.82, 2.24) is 4.90 Å². The van der Waals surface area contributed by atoms with Crippen LogP contribution in [0.4, 0.5) is 0 Å². The van der Waals surface area contributed by atoms with Gasteiger partial charge in [-0.3, -0.25) is 9.59 Å². The molecule has 34 heavy (non-hydrogen) atoms. The first-order valence-corrected chi connectivity index (χ1v) is 12.4. The van der Waals surface area contributed by atoms with E-state index in [9.17, 15) is 14.7 Å². The van der Waals surface area contributed by atoms with Crippen LogP contribution in [0.3, 0.4) is 0 Å². The average molecular weight is 539 g/mol. The Hall–Kier alpha value is -2.67. The number of carbonyl (C=O) groups excluding carboxylic acids is 2. The Labute approximate surface area is 210 Å². The number of hydrogen-bond donors (Lipinski definition) is 1. The van der Waals surface area contributed by atoms with E-state index in [1.807, 2.05) is 43.3 Å². The topological polar surface area (TPSA) is 66.8 Å². The van der Waals surface area contributed by atoms with Crippen molar-refractivity contribution in [2.45, 2.75) is 31.5 Å². The van der Waals surface area contributed by atoms with Gasteiger partial charge in [-0.15, -0.1) is 0 Å². The number of fused-ring (bicyclic) bond motifs is 3. The molecule has 1 N–H and O–H groups in total. The van der Waals surface area contributed by atoms with E-state index in [2.05, 4.69) is 15.9 Å². The zero-order chi connectivity index (χ0) is 23.9. The predicted molar refractivity (Wildman–Crippen MR) is 130 cm³/mol. The predicted octanol–water partition coefficient (Wildman–Crippen LogP) is 5.39. The zero-order valence-corrected chi connectivity index (χ0v) is 20.6. The van der Waals surface area contributed by atoms with Crippen molar-refractivity contribution < 1.29 is 19.4 Å². The fourth-order valence-electron chi connectivity index (χ4n) is 6.61. The molecule has 0 bridgehead atoms. The minimum atomic E-state index is -1.74. The molecule has 6 rings (SSSR count). The number of hydrogen-bond acceptors (Lipinski definition) is 4. The van der Waals surface area contributed by atoms with Crippen molar-refractivity contribution in [3.63, 3.8) is 0 Å². The molecule has 1 saturated heterocycles. The molecule has 5 nitrogen and oxygen atoms in total. The fourth-order valence-corrected chi connectivity index (χ4v) is 7.11. The van der Waals surface area contributed by atoms with E-state index >= 15 is 0 Å². The minimum Gasteiger partial charge on any atom is -0.425 e. The molecule has 4 atom stereocenters. The molecule has 1 saturated carbocycles. The Morgan fingerprint density at radius 1 is 1.06 bits per heavy atom. The number of ether oxygens (including phenoxy) is 1. The van der Waals surface area contributed by atoms with Gasteiger partial charge in [0.15, 0.2) is 11.1 Å². The lowest BCUT2D eigenvalue weighted by atomic mass is 9.79. The third kappa shape index (κ3) is 2.39.